The zero-order valence-electron chi connectivity index (χ0n) is 14.0. The number of nitro groups is 1. The van der Waals surface area contributed by atoms with E-state index in [9.17, 15) is 14.7 Å². The summed E-state index contributed by atoms with van der Waals surface area (Å²) in [5, 5.41) is 13.3. The van der Waals surface area contributed by atoms with E-state index in [-0.39, 0.29) is 5.69 Å². The SMILES string of the molecule is O=[N+]([O-])c1ccc(NNP(=O)(Oc2ccccc2)Oc2ccccc2)cc1. The lowest BCUT2D eigenvalue weighted by atomic mass is 10.3. The molecule has 0 fully saturated rings. The number of hydrogen-bond donors (Lipinski definition) is 2. The molecule has 0 radical (unpaired) electrons. The van der Waals surface area contributed by atoms with Crippen LogP contribution in [-0.4, -0.2) is 4.92 Å². The zero-order valence-corrected chi connectivity index (χ0v) is 14.9. The van der Waals surface area contributed by atoms with Crippen LogP contribution in [0.3, 0.4) is 0 Å². The molecule has 9 heteroatoms. The van der Waals surface area contributed by atoms with Crippen LogP contribution in [0, 0.1) is 10.1 Å². The number of non-ortho nitro benzene ring substituents is 1. The smallest absolute Gasteiger partial charge is 0.404 e. The van der Waals surface area contributed by atoms with Crippen molar-refractivity contribution in [3.05, 3.63) is 95.0 Å². The summed E-state index contributed by atoms with van der Waals surface area (Å²) in [5.41, 5.74) is 3.11. The van der Waals surface area contributed by atoms with E-state index in [1.165, 1.54) is 24.3 Å². The number of anilines is 1. The predicted molar refractivity (Wildman–Crippen MR) is 102 cm³/mol. The Kier molecular flexibility index (Phi) is 5.71. The van der Waals surface area contributed by atoms with E-state index in [4.69, 9.17) is 9.05 Å². The van der Waals surface area contributed by atoms with Gasteiger partial charge in [0.05, 0.1) is 4.92 Å². The fourth-order valence-electron chi connectivity index (χ4n) is 2.10. The highest BCUT2D eigenvalue weighted by molar-refractivity contribution is 7.52. The van der Waals surface area contributed by atoms with Gasteiger partial charge in [0.25, 0.3) is 5.69 Å². The molecule has 2 N–H and O–H groups in total. The molecule has 0 unspecified atom stereocenters. The Hall–Kier alpha value is -3.35. The van der Waals surface area contributed by atoms with Gasteiger partial charge in [-0.05, 0) is 36.4 Å². The van der Waals surface area contributed by atoms with Crippen LogP contribution in [0.2, 0.25) is 0 Å². The number of rotatable bonds is 8. The molecule has 0 spiro atoms. The van der Waals surface area contributed by atoms with Gasteiger partial charge in [0.1, 0.15) is 11.5 Å². The Morgan fingerprint density at radius 1 is 0.778 bits per heavy atom. The zero-order chi connectivity index (χ0) is 19.1. The molecule has 3 rings (SSSR count). The van der Waals surface area contributed by atoms with Crippen molar-refractivity contribution in [3.8, 4) is 11.5 Å². The Balaban J connectivity index is 1.76. The highest BCUT2D eigenvalue weighted by atomic mass is 31.2. The number of para-hydroxylation sites is 2. The van der Waals surface area contributed by atoms with E-state index in [0.717, 1.165) is 0 Å². The van der Waals surface area contributed by atoms with E-state index < -0.39 is 12.7 Å². The first-order valence-electron chi connectivity index (χ1n) is 7.91. The van der Waals surface area contributed by atoms with Crippen LogP contribution in [0.25, 0.3) is 0 Å². The average Bonchev–Trinajstić information content (AvgIpc) is 2.68. The van der Waals surface area contributed by atoms with Crippen molar-refractivity contribution in [1.82, 2.24) is 5.20 Å². The molecule has 0 saturated carbocycles. The van der Waals surface area contributed by atoms with Crippen molar-refractivity contribution in [2.24, 2.45) is 0 Å². The molecule has 0 heterocycles. The van der Waals surface area contributed by atoms with Gasteiger partial charge in [-0.2, -0.15) is 0 Å². The highest BCUT2D eigenvalue weighted by Gasteiger charge is 2.28. The molecule has 138 valence electrons. The lowest BCUT2D eigenvalue weighted by molar-refractivity contribution is -0.384. The summed E-state index contributed by atoms with van der Waals surface area (Å²) in [4.78, 5) is 10.2. The van der Waals surface area contributed by atoms with Gasteiger partial charge in [-0.25, -0.2) is 4.57 Å². The molecular weight excluding hydrogens is 369 g/mol. The second kappa shape index (κ2) is 8.35. The third kappa shape index (κ3) is 5.31. The van der Waals surface area contributed by atoms with E-state index in [0.29, 0.717) is 17.2 Å². The summed E-state index contributed by atoms with van der Waals surface area (Å²) >= 11 is 0. The monoisotopic (exact) mass is 385 g/mol. The minimum absolute atomic E-state index is 0.0511. The summed E-state index contributed by atoms with van der Waals surface area (Å²) in [5.74, 6) is 0.713. The first kappa shape index (κ1) is 18.4. The van der Waals surface area contributed by atoms with Crippen LogP contribution in [0.1, 0.15) is 0 Å². The fraction of sp³-hybridized carbons (Fsp3) is 0. The molecule has 27 heavy (non-hydrogen) atoms. The second-order valence-corrected chi connectivity index (χ2v) is 6.93. The maximum Gasteiger partial charge on any atom is 0.530 e. The quantitative estimate of drug-likeness (QED) is 0.327. The molecule has 8 nitrogen and oxygen atoms in total. The number of hydrogen-bond acceptors (Lipinski definition) is 6. The molecule has 0 aliphatic rings. The normalized spacial score (nSPS) is 10.8. The van der Waals surface area contributed by atoms with Crippen molar-refractivity contribution >= 4 is 19.1 Å². The van der Waals surface area contributed by atoms with Gasteiger partial charge in [0, 0.05) is 17.8 Å². The van der Waals surface area contributed by atoms with E-state index in [2.05, 4.69) is 10.6 Å². The summed E-state index contributed by atoms with van der Waals surface area (Å²) in [6.07, 6.45) is 0. The predicted octanol–water partition coefficient (Wildman–Crippen LogP) is 4.78. The summed E-state index contributed by atoms with van der Waals surface area (Å²) in [7, 11) is -3.85. The van der Waals surface area contributed by atoms with E-state index >= 15 is 0 Å². The lowest BCUT2D eigenvalue weighted by Gasteiger charge is -2.21. The maximum atomic E-state index is 13.2. The van der Waals surface area contributed by atoms with E-state index in [1.54, 1.807) is 60.7 Å². The number of hydrazine groups is 1. The van der Waals surface area contributed by atoms with Crippen molar-refractivity contribution in [2.45, 2.75) is 0 Å². The minimum atomic E-state index is -3.85. The third-order valence-electron chi connectivity index (χ3n) is 3.35. The summed E-state index contributed by atoms with van der Waals surface area (Å²) < 4.78 is 24.3. The van der Waals surface area contributed by atoms with Gasteiger partial charge in [-0.1, -0.05) is 36.4 Å². The van der Waals surface area contributed by atoms with Crippen molar-refractivity contribution in [2.75, 3.05) is 5.43 Å². The van der Waals surface area contributed by atoms with Crippen LogP contribution in [0.5, 0.6) is 11.5 Å². The average molecular weight is 385 g/mol. The lowest BCUT2D eigenvalue weighted by Crippen LogP contribution is -2.24. The summed E-state index contributed by atoms with van der Waals surface area (Å²) in [6.45, 7) is 0. The maximum absolute atomic E-state index is 13.2. The first-order chi connectivity index (χ1) is 13.0. The Morgan fingerprint density at radius 2 is 1.26 bits per heavy atom. The molecule has 0 aliphatic heterocycles. The van der Waals surface area contributed by atoms with Gasteiger partial charge in [-0.3, -0.25) is 10.1 Å². The van der Waals surface area contributed by atoms with Gasteiger partial charge in [0.2, 0.25) is 0 Å². The number of nitrogens with one attached hydrogen (secondary N) is 2. The molecule has 0 aliphatic carbocycles. The topological polar surface area (TPSA) is 103 Å². The molecular formula is C18H16N3O5P. The largest absolute Gasteiger partial charge is 0.530 e. The van der Waals surface area contributed by atoms with Crippen molar-refractivity contribution in [1.29, 1.82) is 0 Å². The molecule has 0 aromatic heterocycles. The Morgan fingerprint density at radius 3 is 1.70 bits per heavy atom. The van der Waals surface area contributed by atoms with Gasteiger partial charge < -0.3 is 14.5 Å². The van der Waals surface area contributed by atoms with Gasteiger partial charge >= 0.3 is 7.75 Å². The number of nitro benzene ring substituents is 1. The Bertz CT molecular complexity index is 891. The highest BCUT2D eigenvalue weighted by Crippen LogP contribution is 2.44. The Labute approximate surface area is 155 Å². The van der Waals surface area contributed by atoms with E-state index in [1.807, 2.05) is 0 Å². The third-order valence-corrected chi connectivity index (χ3v) is 4.64. The van der Waals surface area contributed by atoms with Crippen LogP contribution < -0.4 is 19.7 Å². The standard InChI is InChI=1S/C18H16N3O5P/c22-21(23)16-13-11-15(12-14-16)19-20-27(24,25-17-7-3-1-4-8-17)26-18-9-5-2-6-10-18/h1-14,19H,(H,20,24). The molecule has 0 amide bonds. The fourth-order valence-corrected chi connectivity index (χ4v) is 3.30. The number of nitrogens with zero attached hydrogens (tertiary/aromatic N) is 1. The van der Waals surface area contributed by atoms with Gasteiger partial charge in [0.15, 0.2) is 0 Å². The van der Waals surface area contributed by atoms with Crippen molar-refractivity contribution < 1.29 is 18.5 Å². The molecule has 0 saturated heterocycles. The molecule has 3 aromatic rings. The molecule has 3 aromatic carbocycles. The van der Waals surface area contributed by atoms with Crippen LogP contribution in [-0.2, 0) is 4.57 Å². The second-order valence-electron chi connectivity index (χ2n) is 5.35. The molecule has 0 atom stereocenters. The summed E-state index contributed by atoms with van der Waals surface area (Å²) in [6, 6.07) is 22.8. The first-order valence-corrected chi connectivity index (χ1v) is 9.45. The van der Waals surface area contributed by atoms with Crippen molar-refractivity contribution in [3.63, 3.8) is 0 Å². The van der Waals surface area contributed by atoms with Crippen LogP contribution in [0.4, 0.5) is 11.4 Å². The van der Waals surface area contributed by atoms with Crippen LogP contribution in [0.15, 0.2) is 84.9 Å². The number of benzene rings is 3. The van der Waals surface area contributed by atoms with Gasteiger partial charge in [-0.15, -0.1) is 5.20 Å². The van der Waals surface area contributed by atoms with Crippen LogP contribution >= 0.6 is 7.75 Å². The molecule has 0 bridgehead atoms. The minimum Gasteiger partial charge on any atom is -0.404 e.